The smallest absolute Gasteiger partial charge is 0.280 e. The van der Waals surface area contributed by atoms with Crippen molar-refractivity contribution in [2.24, 2.45) is 5.73 Å². The minimum absolute atomic E-state index is 0.0312. The van der Waals surface area contributed by atoms with Gasteiger partial charge in [0.05, 0.1) is 10.5 Å². The van der Waals surface area contributed by atoms with Gasteiger partial charge in [-0.15, -0.1) is 0 Å². The van der Waals surface area contributed by atoms with Crippen molar-refractivity contribution in [3.05, 3.63) is 0 Å². The Hall–Kier alpha value is -0.240. The molecule has 0 bridgehead atoms. The molecule has 1 aliphatic heterocycles. The summed E-state index contributed by atoms with van der Waals surface area (Å²) in [6.07, 6.45) is 3.41. The van der Waals surface area contributed by atoms with Crippen LogP contribution >= 0.6 is 12.2 Å². The van der Waals surface area contributed by atoms with Gasteiger partial charge in [0, 0.05) is 12.6 Å². The summed E-state index contributed by atoms with van der Waals surface area (Å²) >= 11 is 4.96. The minimum Gasteiger partial charge on any atom is -0.392 e. The van der Waals surface area contributed by atoms with Crippen LogP contribution in [0.5, 0.6) is 0 Å². The number of nitrogens with two attached hydrogens (primary N) is 1. The molecule has 0 aliphatic carbocycles. The second kappa shape index (κ2) is 5.81. The lowest BCUT2D eigenvalue weighted by atomic mass is 10.0. The Morgan fingerprint density at radius 3 is 2.61 bits per heavy atom. The summed E-state index contributed by atoms with van der Waals surface area (Å²) in [5.41, 5.74) is 4.78. The van der Waals surface area contributed by atoms with Crippen molar-refractivity contribution in [1.29, 1.82) is 0 Å². The van der Waals surface area contributed by atoms with Crippen molar-refractivity contribution in [2.75, 3.05) is 6.54 Å². The van der Waals surface area contributed by atoms with Crippen LogP contribution in [0.15, 0.2) is 0 Å². The van der Waals surface area contributed by atoms with Crippen LogP contribution < -0.4 is 10.5 Å². The highest BCUT2D eigenvalue weighted by molar-refractivity contribution is 7.87. The van der Waals surface area contributed by atoms with Gasteiger partial charge < -0.3 is 5.73 Å². The number of hydrogen-bond donors (Lipinski definition) is 2. The van der Waals surface area contributed by atoms with Crippen LogP contribution in [0.3, 0.4) is 0 Å². The first-order chi connectivity index (χ1) is 8.23. The summed E-state index contributed by atoms with van der Waals surface area (Å²) in [7, 11) is -3.53. The van der Waals surface area contributed by atoms with E-state index in [9.17, 15) is 8.42 Å². The van der Waals surface area contributed by atoms with Gasteiger partial charge in [-0.3, -0.25) is 0 Å². The summed E-state index contributed by atoms with van der Waals surface area (Å²) in [6.45, 7) is 6.08. The van der Waals surface area contributed by atoms with Gasteiger partial charge in [0.25, 0.3) is 10.2 Å². The molecule has 2 atom stereocenters. The Bertz CT molecular complexity index is 411. The maximum Gasteiger partial charge on any atom is 0.280 e. The van der Waals surface area contributed by atoms with E-state index in [-0.39, 0.29) is 11.0 Å². The van der Waals surface area contributed by atoms with Gasteiger partial charge in [0.15, 0.2) is 0 Å². The molecule has 5 nitrogen and oxygen atoms in total. The van der Waals surface area contributed by atoms with Gasteiger partial charge >= 0.3 is 0 Å². The van der Waals surface area contributed by atoms with E-state index in [2.05, 4.69) is 4.72 Å². The van der Waals surface area contributed by atoms with E-state index in [1.807, 2.05) is 13.8 Å². The summed E-state index contributed by atoms with van der Waals surface area (Å²) in [5.74, 6) is 0. The molecule has 1 rings (SSSR count). The van der Waals surface area contributed by atoms with E-state index in [0.29, 0.717) is 13.0 Å². The Labute approximate surface area is 115 Å². The first-order valence-electron chi connectivity index (χ1n) is 6.33. The van der Waals surface area contributed by atoms with Crippen LogP contribution in [-0.2, 0) is 10.2 Å². The molecule has 0 aromatic carbocycles. The molecule has 3 N–H and O–H groups in total. The molecule has 2 unspecified atom stereocenters. The molecule has 0 radical (unpaired) electrons. The lowest BCUT2D eigenvalue weighted by Crippen LogP contribution is -2.59. The standard InChI is InChI=1S/C11H23N3O2S2/c1-4-11(3,10(12)17)13-18(15,16)14-8-6-5-7-9(14)2/h9,13H,4-8H2,1-3H3,(H2,12,17). The zero-order chi connectivity index (χ0) is 14.0. The van der Waals surface area contributed by atoms with Crippen molar-refractivity contribution >= 4 is 27.4 Å². The monoisotopic (exact) mass is 293 g/mol. The third kappa shape index (κ3) is 3.40. The fourth-order valence-corrected chi connectivity index (χ4v) is 4.22. The van der Waals surface area contributed by atoms with E-state index < -0.39 is 15.7 Å². The summed E-state index contributed by atoms with van der Waals surface area (Å²) in [6, 6.07) is 0.0312. The van der Waals surface area contributed by atoms with Gasteiger partial charge in [-0.25, -0.2) is 0 Å². The molecular formula is C11H23N3O2S2. The van der Waals surface area contributed by atoms with Gasteiger partial charge in [-0.2, -0.15) is 17.4 Å². The van der Waals surface area contributed by atoms with Gasteiger partial charge in [0.1, 0.15) is 0 Å². The highest BCUT2D eigenvalue weighted by atomic mass is 32.2. The average molecular weight is 293 g/mol. The fraction of sp³-hybridized carbons (Fsp3) is 0.909. The predicted molar refractivity (Wildman–Crippen MR) is 77.6 cm³/mol. The Morgan fingerprint density at radius 2 is 2.17 bits per heavy atom. The summed E-state index contributed by atoms with van der Waals surface area (Å²) in [4.78, 5) is 0.179. The topological polar surface area (TPSA) is 75.4 Å². The van der Waals surface area contributed by atoms with Gasteiger partial charge in [0.2, 0.25) is 0 Å². The van der Waals surface area contributed by atoms with Crippen molar-refractivity contribution in [3.63, 3.8) is 0 Å². The SMILES string of the molecule is CCC(C)(NS(=O)(=O)N1CCCCC1C)C(N)=S. The van der Waals surface area contributed by atoms with Gasteiger partial charge in [-0.1, -0.05) is 25.6 Å². The molecule has 1 fully saturated rings. The molecule has 106 valence electrons. The molecular weight excluding hydrogens is 270 g/mol. The highest BCUT2D eigenvalue weighted by Gasteiger charge is 2.36. The maximum absolute atomic E-state index is 12.4. The normalized spacial score (nSPS) is 25.6. The van der Waals surface area contributed by atoms with Crippen LogP contribution in [0, 0.1) is 0 Å². The van der Waals surface area contributed by atoms with Gasteiger partial charge in [-0.05, 0) is 33.1 Å². The molecule has 0 spiro atoms. The molecule has 0 aromatic heterocycles. The molecule has 7 heteroatoms. The van der Waals surface area contributed by atoms with Crippen LogP contribution in [0.4, 0.5) is 0 Å². The number of piperidine rings is 1. The molecule has 1 heterocycles. The van der Waals surface area contributed by atoms with E-state index in [0.717, 1.165) is 19.3 Å². The second-order valence-electron chi connectivity index (χ2n) is 5.11. The Balaban J connectivity index is 2.90. The van der Waals surface area contributed by atoms with Crippen LogP contribution in [-0.4, -0.2) is 35.8 Å². The van der Waals surface area contributed by atoms with Crippen LogP contribution in [0.2, 0.25) is 0 Å². The van der Waals surface area contributed by atoms with Crippen molar-refractivity contribution in [1.82, 2.24) is 9.03 Å². The van der Waals surface area contributed by atoms with Crippen molar-refractivity contribution < 1.29 is 8.42 Å². The molecule has 0 saturated carbocycles. The average Bonchev–Trinajstić information content (AvgIpc) is 2.28. The van der Waals surface area contributed by atoms with E-state index >= 15 is 0 Å². The van der Waals surface area contributed by atoms with E-state index in [1.54, 1.807) is 6.92 Å². The van der Waals surface area contributed by atoms with Crippen molar-refractivity contribution in [3.8, 4) is 0 Å². The minimum atomic E-state index is -3.53. The first kappa shape index (κ1) is 15.8. The lowest BCUT2D eigenvalue weighted by Gasteiger charge is -2.36. The summed E-state index contributed by atoms with van der Waals surface area (Å²) in [5, 5.41) is 0. The summed E-state index contributed by atoms with van der Waals surface area (Å²) < 4.78 is 28.9. The zero-order valence-electron chi connectivity index (χ0n) is 11.3. The molecule has 1 aliphatic rings. The first-order valence-corrected chi connectivity index (χ1v) is 8.18. The van der Waals surface area contributed by atoms with Crippen LogP contribution in [0.25, 0.3) is 0 Å². The van der Waals surface area contributed by atoms with Crippen molar-refractivity contribution in [2.45, 2.75) is 58.0 Å². The number of nitrogens with zero attached hydrogens (tertiary/aromatic N) is 1. The second-order valence-corrected chi connectivity index (χ2v) is 7.18. The zero-order valence-corrected chi connectivity index (χ0v) is 12.9. The quantitative estimate of drug-likeness (QED) is 0.746. The molecule has 0 amide bonds. The Morgan fingerprint density at radius 1 is 1.56 bits per heavy atom. The maximum atomic E-state index is 12.4. The van der Waals surface area contributed by atoms with E-state index in [1.165, 1.54) is 4.31 Å². The number of hydrogen-bond acceptors (Lipinski definition) is 3. The fourth-order valence-electron chi connectivity index (χ4n) is 2.07. The Kier molecular flexibility index (Phi) is 5.11. The molecule has 0 aromatic rings. The third-order valence-electron chi connectivity index (χ3n) is 3.66. The largest absolute Gasteiger partial charge is 0.392 e. The lowest BCUT2D eigenvalue weighted by molar-refractivity contribution is 0.262. The predicted octanol–water partition coefficient (Wildman–Crippen LogP) is 1.15. The number of rotatable bonds is 5. The molecule has 1 saturated heterocycles. The number of thiocarbonyl (C=S) groups is 1. The highest BCUT2D eigenvalue weighted by Crippen LogP contribution is 2.21. The van der Waals surface area contributed by atoms with E-state index in [4.69, 9.17) is 18.0 Å². The third-order valence-corrected chi connectivity index (χ3v) is 5.97. The van der Waals surface area contributed by atoms with Crippen LogP contribution in [0.1, 0.15) is 46.5 Å². The number of nitrogens with one attached hydrogen (secondary N) is 1. The molecule has 18 heavy (non-hydrogen) atoms.